The smallest absolute Gasteiger partial charge is 0.123 e. The molecule has 0 radical (unpaired) electrons. The molecule has 0 saturated carbocycles. The van der Waals surface area contributed by atoms with Crippen molar-refractivity contribution in [3.05, 3.63) is 71.0 Å². The molecule has 4 rings (SSSR count). The molecule has 138 valence electrons. The molecule has 26 heavy (non-hydrogen) atoms. The molecular weight excluding hydrogens is 347 g/mol. The van der Waals surface area contributed by atoms with Gasteiger partial charge in [-0.3, -0.25) is 4.90 Å². The quantitative estimate of drug-likeness (QED) is 0.689. The second kappa shape index (κ2) is 6.33. The van der Waals surface area contributed by atoms with E-state index in [1.54, 1.807) is 12.1 Å². The molecule has 2 aliphatic rings. The molecule has 2 unspecified atom stereocenters. The Bertz CT molecular complexity index is 804. The SMILES string of the molecule is CN1CCN(Cl)C(c2ccc(F)cc2)(C2CCc3ccccc32)C1(C)C. The lowest BCUT2D eigenvalue weighted by molar-refractivity contribution is -0.0698. The third-order valence-electron chi connectivity index (χ3n) is 6.82. The summed E-state index contributed by atoms with van der Waals surface area (Å²) in [7, 11) is 2.17. The minimum Gasteiger partial charge on any atom is -0.298 e. The molecule has 1 saturated heterocycles. The Balaban J connectivity index is 1.98. The van der Waals surface area contributed by atoms with Gasteiger partial charge >= 0.3 is 0 Å². The number of nitrogens with zero attached hydrogens (tertiary/aromatic N) is 2. The maximum absolute atomic E-state index is 13.7. The summed E-state index contributed by atoms with van der Waals surface area (Å²) in [5, 5.41) is 0. The second-order valence-corrected chi connectivity index (χ2v) is 8.54. The number of aryl methyl sites for hydroxylation is 1. The molecule has 2 nitrogen and oxygen atoms in total. The van der Waals surface area contributed by atoms with Crippen LogP contribution in [-0.2, 0) is 12.0 Å². The van der Waals surface area contributed by atoms with Gasteiger partial charge in [-0.05, 0) is 74.3 Å². The van der Waals surface area contributed by atoms with E-state index in [0.29, 0.717) is 0 Å². The van der Waals surface area contributed by atoms with E-state index >= 15 is 0 Å². The fourth-order valence-electron chi connectivity index (χ4n) is 5.27. The molecular formula is C22H26ClFN2. The highest BCUT2D eigenvalue weighted by atomic mass is 35.5. The van der Waals surface area contributed by atoms with Gasteiger partial charge in [-0.1, -0.05) is 36.4 Å². The third-order valence-corrected chi connectivity index (χ3v) is 7.26. The van der Waals surface area contributed by atoms with Crippen molar-refractivity contribution in [2.45, 2.75) is 43.7 Å². The first-order chi connectivity index (χ1) is 12.4. The summed E-state index contributed by atoms with van der Waals surface area (Å²) in [6.45, 7) is 6.23. The summed E-state index contributed by atoms with van der Waals surface area (Å²) in [5.41, 5.74) is 3.24. The van der Waals surface area contributed by atoms with Gasteiger partial charge in [0, 0.05) is 24.5 Å². The average Bonchev–Trinajstić information content (AvgIpc) is 3.05. The van der Waals surface area contributed by atoms with Gasteiger partial charge in [0.25, 0.3) is 0 Å². The van der Waals surface area contributed by atoms with Gasteiger partial charge < -0.3 is 0 Å². The highest BCUT2D eigenvalue weighted by Crippen LogP contribution is 2.57. The lowest BCUT2D eigenvalue weighted by atomic mass is 9.62. The van der Waals surface area contributed by atoms with Crippen molar-refractivity contribution < 1.29 is 4.39 Å². The van der Waals surface area contributed by atoms with E-state index < -0.39 is 5.54 Å². The highest BCUT2D eigenvalue weighted by molar-refractivity contribution is 6.14. The molecule has 1 fully saturated rings. The monoisotopic (exact) mass is 372 g/mol. The van der Waals surface area contributed by atoms with Crippen LogP contribution in [0, 0.1) is 5.82 Å². The Morgan fingerprint density at radius 2 is 1.73 bits per heavy atom. The molecule has 1 heterocycles. The van der Waals surface area contributed by atoms with Gasteiger partial charge in [0.15, 0.2) is 0 Å². The van der Waals surface area contributed by atoms with Gasteiger partial charge in [0.05, 0.1) is 5.54 Å². The summed E-state index contributed by atoms with van der Waals surface area (Å²) in [6.07, 6.45) is 2.12. The van der Waals surface area contributed by atoms with Crippen LogP contribution >= 0.6 is 11.8 Å². The van der Waals surface area contributed by atoms with Gasteiger partial charge in [-0.2, -0.15) is 0 Å². The summed E-state index contributed by atoms with van der Waals surface area (Å²) in [4.78, 5) is 2.40. The molecule has 0 bridgehead atoms. The first-order valence-corrected chi connectivity index (χ1v) is 9.71. The van der Waals surface area contributed by atoms with Crippen molar-refractivity contribution in [2.75, 3.05) is 20.1 Å². The van der Waals surface area contributed by atoms with Crippen molar-refractivity contribution in [3.8, 4) is 0 Å². The number of halogens is 2. The molecule has 2 atom stereocenters. The normalized spacial score (nSPS) is 28.9. The van der Waals surface area contributed by atoms with E-state index in [2.05, 4.69) is 50.1 Å². The van der Waals surface area contributed by atoms with Crippen LogP contribution in [0.15, 0.2) is 48.5 Å². The van der Waals surface area contributed by atoms with E-state index in [-0.39, 0.29) is 17.3 Å². The van der Waals surface area contributed by atoms with Crippen LogP contribution in [0.2, 0.25) is 0 Å². The Labute approximate surface area is 160 Å². The number of benzene rings is 2. The standard InChI is InChI=1S/C22H26ClFN2/c1-21(2)22(26(23)15-14-25(21)3,17-9-11-18(24)12-10-17)20-13-8-16-6-4-5-7-19(16)20/h4-7,9-12,20H,8,13-15H2,1-3H3. The number of rotatable bonds is 2. The second-order valence-electron chi connectivity index (χ2n) is 8.13. The van der Waals surface area contributed by atoms with Crippen molar-refractivity contribution in [2.24, 2.45) is 0 Å². The third kappa shape index (κ3) is 2.37. The van der Waals surface area contributed by atoms with Gasteiger partial charge in [-0.25, -0.2) is 8.81 Å². The van der Waals surface area contributed by atoms with Crippen molar-refractivity contribution in [1.29, 1.82) is 0 Å². The zero-order valence-corrected chi connectivity index (χ0v) is 16.4. The highest BCUT2D eigenvalue weighted by Gasteiger charge is 2.60. The summed E-state index contributed by atoms with van der Waals surface area (Å²) >= 11 is 7.02. The minimum absolute atomic E-state index is 0.209. The van der Waals surface area contributed by atoms with E-state index in [1.807, 2.05) is 16.6 Å². The number of fused-ring (bicyclic) bond motifs is 1. The van der Waals surface area contributed by atoms with Crippen LogP contribution in [-0.4, -0.2) is 35.0 Å². The average molecular weight is 373 g/mol. The number of hydrogen-bond acceptors (Lipinski definition) is 2. The van der Waals surface area contributed by atoms with E-state index in [0.717, 1.165) is 31.5 Å². The topological polar surface area (TPSA) is 6.48 Å². The van der Waals surface area contributed by atoms with Crippen LogP contribution < -0.4 is 0 Å². The number of likely N-dealkylation sites (N-methyl/N-ethyl adjacent to an activating group) is 1. The molecule has 0 N–H and O–H groups in total. The first kappa shape index (κ1) is 18.0. The first-order valence-electron chi connectivity index (χ1n) is 9.37. The van der Waals surface area contributed by atoms with Gasteiger partial charge in [0.1, 0.15) is 5.82 Å². The van der Waals surface area contributed by atoms with Crippen LogP contribution in [0.5, 0.6) is 0 Å². The van der Waals surface area contributed by atoms with Gasteiger partial charge in [-0.15, -0.1) is 0 Å². The maximum atomic E-state index is 13.7. The van der Waals surface area contributed by atoms with Crippen molar-refractivity contribution in [3.63, 3.8) is 0 Å². The van der Waals surface area contributed by atoms with E-state index in [1.165, 1.54) is 11.1 Å². The van der Waals surface area contributed by atoms with Gasteiger partial charge in [0.2, 0.25) is 0 Å². The van der Waals surface area contributed by atoms with E-state index in [4.69, 9.17) is 11.8 Å². The Hall–Kier alpha value is -1.42. The fourth-order valence-corrected chi connectivity index (χ4v) is 5.76. The Morgan fingerprint density at radius 1 is 1.04 bits per heavy atom. The van der Waals surface area contributed by atoms with Crippen LogP contribution in [0.4, 0.5) is 4.39 Å². The molecule has 0 spiro atoms. The molecule has 1 aliphatic carbocycles. The molecule has 4 heteroatoms. The van der Waals surface area contributed by atoms with Crippen LogP contribution in [0.25, 0.3) is 0 Å². The number of piperazine rings is 1. The van der Waals surface area contributed by atoms with Crippen molar-refractivity contribution in [1.82, 2.24) is 9.32 Å². The Kier molecular flexibility index (Phi) is 4.37. The molecule has 2 aromatic carbocycles. The Morgan fingerprint density at radius 3 is 2.46 bits per heavy atom. The number of hydrogen-bond donors (Lipinski definition) is 0. The maximum Gasteiger partial charge on any atom is 0.123 e. The molecule has 0 aromatic heterocycles. The fraction of sp³-hybridized carbons (Fsp3) is 0.455. The largest absolute Gasteiger partial charge is 0.298 e. The summed E-state index contributed by atoms with van der Waals surface area (Å²) in [6, 6.07) is 15.7. The lowest BCUT2D eigenvalue weighted by Crippen LogP contribution is -2.70. The summed E-state index contributed by atoms with van der Waals surface area (Å²) in [5.74, 6) is 0.0539. The molecule has 2 aromatic rings. The van der Waals surface area contributed by atoms with E-state index in [9.17, 15) is 4.39 Å². The lowest BCUT2D eigenvalue weighted by Gasteiger charge is -2.61. The molecule has 1 aliphatic heterocycles. The van der Waals surface area contributed by atoms with Crippen LogP contribution in [0.3, 0.4) is 0 Å². The van der Waals surface area contributed by atoms with Crippen molar-refractivity contribution >= 4 is 11.8 Å². The molecule has 0 amide bonds. The minimum atomic E-state index is -0.429. The zero-order chi connectivity index (χ0) is 18.5. The summed E-state index contributed by atoms with van der Waals surface area (Å²) < 4.78 is 15.7. The zero-order valence-electron chi connectivity index (χ0n) is 15.7. The van der Waals surface area contributed by atoms with Crippen LogP contribution in [0.1, 0.15) is 42.9 Å². The predicted molar refractivity (Wildman–Crippen MR) is 105 cm³/mol. The predicted octanol–water partition coefficient (Wildman–Crippen LogP) is 4.93.